The third-order valence-corrected chi connectivity index (χ3v) is 5.29. The third-order valence-electron chi connectivity index (χ3n) is 5.29. The highest BCUT2D eigenvalue weighted by Gasteiger charge is 2.33. The number of ether oxygens (including phenoxy) is 1. The minimum Gasteiger partial charge on any atom is -0.444 e. The summed E-state index contributed by atoms with van der Waals surface area (Å²) in [6.45, 7) is 6.90. The van der Waals surface area contributed by atoms with Gasteiger partial charge in [-0.1, -0.05) is 36.4 Å². The van der Waals surface area contributed by atoms with E-state index in [1.165, 1.54) is 0 Å². The summed E-state index contributed by atoms with van der Waals surface area (Å²) in [5.74, 6) is 0.583. The van der Waals surface area contributed by atoms with Gasteiger partial charge in [-0.3, -0.25) is 4.79 Å². The van der Waals surface area contributed by atoms with Gasteiger partial charge in [-0.25, -0.2) is 9.78 Å². The minimum atomic E-state index is -0.536. The fraction of sp³-hybridized carbons (Fsp3) is 0.375. The molecule has 0 spiro atoms. The Hall–Kier alpha value is -3.35. The van der Waals surface area contributed by atoms with Crippen molar-refractivity contribution in [2.75, 3.05) is 13.1 Å². The Kier molecular flexibility index (Phi) is 5.67. The van der Waals surface area contributed by atoms with Gasteiger partial charge >= 0.3 is 6.09 Å². The van der Waals surface area contributed by atoms with E-state index in [1.54, 1.807) is 4.90 Å². The number of para-hydroxylation sites is 2. The highest BCUT2D eigenvalue weighted by atomic mass is 16.6. The first-order valence-corrected chi connectivity index (χ1v) is 10.6. The summed E-state index contributed by atoms with van der Waals surface area (Å²) in [6.07, 6.45) is 0.291. The lowest BCUT2D eigenvalue weighted by molar-refractivity contribution is -0.124. The maximum absolute atomic E-state index is 12.6. The highest BCUT2D eigenvalue weighted by Crippen LogP contribution is 2.22. The van der Waals surface area contributed by atoms with E-state index >= 15 is 0 Å². The topological polar surface area (TPSA) is 87.3 Å². The molecule has 31 heavy (non-hydrogen) atoms. The SMILES string of the molecule is CC(C)(C)OC(=O)N1CCC(C(=O)NCc2ccc(-c3nc4ccccc4[nH]3)cc2)C1. The molecular formula is C24H28N4O3. The quantitative estimate of drug-likeness (QED) is 0.665. The highest BCUT2D eigenvalue weighted by molar-refractivity contribution is 5.81. The summed E-state index contributed by atoms with van der Waals surface area (Å²) >= 11 is 0. The molecule has 1 unspecified atom stereocenters. The van der Waals surface area contributed by atoms with E-state index in [4.69, 9.17) is 4.74 Å². The van der Waals surface area contributed by atoms with E-state index in [2.05, 4.69) is 15.3 Å². The van der Waals surface area contributed by atoms with Crippen LogP contribution in [0.5, 0.6) is 0 Å². The largest absolute Gasteiger partial charge is 0.444 e. The molecule has 0 saturated carbocycles. The number of rotatable bonds is 4. The second kappa shape index (κ2) is 8.41. The van der Waals surface area contributed by atoms with E-state index in [0.717, 1.165) is 28.0 Å². The minimum absolute atomic E-state index is 0.0348. The molecule has 0 aliphatic carbocycles. The molecule has 4 rings (SSSR count). The number of benzene rings is 2. The number of carbonyl (C=O) groups is 2. The lowest BCUT2D eigenvalue weighted by Crippen LogP contribution is -2.37. The molecule has 1 fully saturated rings. The number of likely N-dealkylation sites (tertiary alicyclic amines) is 1. The van der Waals surface area contributed by atoms with Crippen LogP contribution in [0.25, 0.3) is 22.4 Å². The molecule has 2 aromatic carbocycles. The van der Waals surface area contributed by atoms with Crippen LogP contribution in [-0.4, -0.2) is 45.6 Å². The number of nitrogens with zero attached hydrogens (tertiary/aromatic N) is 2. The van der Waals surface area contributed by atoms with Crippen molar-refractivity contribution < 1.29 is 14.3 Å². The van der Waals surface area contributed by atoms with E-state index in [1.807, 2.05) is 69.3 Å². The van der Waals surface area contributed by atoms with Gasteiger partial charge in [-0.2, -0.15) is 0 Å². The zero-order valence-electron chi connectivity index (χ0n) is 18.1. The molecule has 2 amide bonds. The molecule has 1 aromatic heterocycles. The van der Waals surface area contributed by atoms with Crippen LogP contribution >= 0.6 is 0 Å². The number of amides is 2. The molecule has 0 radical (unpaired) electrons. The summed E-state index contributed by atoms with van der Waals surface area (Å²) in [7, 11) is 0. The van der Waals surface area contributed by atoms with Gasteiger partial charge in [0, 0.05) is 25.2 Å². The van der Waals surface area contributed by atoms with Crippen molar-refractivity contribution in [3.63, 3.8) is 0 Å². The molecule has 7 nitrogen and oxygen atoms in total. The van der Waals surface area contributed by atoms with Gasteiger partial charge < -0.3 is 19.9 Å². The van der Waals surface area contributed by atoms with Gasteiger partial charge in [0.15, 0.2) is 0 Å². The summed E-state index contributed by atoms with van der Waals surface area (Å²) in [5, 5.41) is 2.99. The average Bonchev–Trinajstić information content (AvgIpc) is 3.38. The second-order valence-corrected chi connectivity index (χ2v) is 8.93. The number of imidazole rings is 1. The molecule has 7 heteroatoms. The predicted octanol–water partition coefficient (Wildman–Crippen LogP) is 4.10. The Bertz CT molecular complexity index is 1050. The maximum atomic E-state index is 12.6. The Balaban J connectivity index is 1.30. The number of hydrogen-bond acceptors (Lipinski definition) is 4. The average molecular weight is 421 g/mol. The van der Waals surface area contributed by atoms with Crippen LogP contribution in [0.3, 0.4) is 0 Å². The van der Waals surface area contributed by atoms with Gasteiger partial charge in [-0.15, -0.1) is 0 Å². The van der Waals surface area contributed by atoms with Crippen molar-refractivity contribution >= 4 is 23.0 Å². The first-order chi connectivity index (χ1) is 14.8. The van der Waals surface area contributed by atoms with Crippen LogP contribution in [-0.2, 0) is 16.1 Å². The van der Waals surface area contributed by atoms with Gasteiger partial charge in [-0.05, 0) is 44.9 Å². The molecule has 2 heterocycles. The van der Waals surface area contributed by atoms with E-state index in [-0.39, 0.29) is 17.9 Å². The summed E-state index contributed by atoms with van der Waals surface area (Å²) in [5.41, 5.74) is 3.41. The molecular weight excluding hydrogens is 392 g/mol. The Morgan fingerprint density at radius 2 is 1.90 bits per heavy atom. The van der Waals surface area contributed by atoms with Gasteiger partial charge in [0.05, 0.1) is 17.0 Å². The fourth-order valence-corrected chi connectivity index (χ4v) is 3.67. The van der Waals surface area contributed by atoms with Crippen LogP contribution < -0.4 is 5.32 Å². The van der Waals surface area contributed by atoms with Gasteiger partial charge in [0.1, 0.15) is 11.4 Å². The van der Waals surface area contributed by atoms with Crippen molar-refractivity contribution in [2.24, 2.45) is 5.92 Å². The van der Waals surface area contributed by atoms with Crippen molar-refractivity contribution in [2.45, 2.75) is 39.3 Å². The number of H-pyrrole nitrogens is 1. The molecule has 0 bridgehead atoms. The standard InChI is InChI=1S/C24H28N4O3/c1-24(2,3)31-23(30)28-13-12-18(15-28)22(29)25-14-16-8-10-17(11-9-16)21-26-19-6-4-5-7-20(19)27-21/h4-11,18H,12-15H2,1-3H3,(H,25,29)(H,26,27). The summed E-state index contributed by atoms with van der Waals surface area (Å²) in [4.78, 5) is 34.3. The lowest BCUT2D eigenvalue weighted by atomic mass is 10.1. The van der Waals surface area contributed by atoms with Crippen LogP contribution in [0.4, 0.5) is 4.79 Å². The first kappa shape index (κ1) is 20.9. The van der Waals surface area contributed by atoms with E-state index < -0.39 is 5.60 Å². The summed E-state index contributed by atoms with van der Waals surface area (Å²) in [6, 6.07) is 15.9. The molecule has 1 atom stereocenters. The second-order valence-electron chi connectivity index (χ2n) is 8.93. The Morgan fingerprint density at radius 3 is 2.61 bits per heavy atom. The number of fused-ring (bicyclic) bond motifs is 1. The van der Waals surface area contributed by atoms with E-state index in [9.17, 15) is 9.59 Å². The normalized spacial score (nSPS) is 16.5. The van der Waals surface area contributed by atoms with Gasteiger partial charge in [0.2, 0.25) is 5.91 Å². The van der Waals surface area contributed by atoms with Crippen LogP contribution in [0.15, 0.2) is 48.5 Å². The van der Waals surface area contributed by atoms with Gasteiger partial charge in [0.25, 0.3) is 0 Å². The van der Waals surface area contributed by atoms with Crippen molar-refractivity contribution in [1.82, 2.24) is 20.2 Å². The fourth-order valence-electron chi connectivity index (χ4n) is 3.67. The molecule has 1 saturated heterocycles. The van der Waals surface area contributed by atoms with Crippen LogP contribution in [0.2, 0.25) is 0 Å². The summed E-state index contributed by atoms with van der Waals surface area (Å²) < 4.78 is 5.39. The van der Waals surface area contributed by atoms with Crippen LogP contribution in [0.1, 0.15) is 32.8 Å². The zero-order valence-corrected chi connectivity index (χ0v) is 18.1. The number of nitrogens with one attached hydrogen (secondary N) is 2. The predicted molar refractivity (Wildman–Crippen MR) is 119 cm³/mol. The first-order valence-electron chi connectivity index (χ1n) is 10.6. The molecule has 3 aromatic rings. The number of aromatic nitrogens is 2. The molecule has 2 N–H and O–H groups in total. The van der Waals surface area contributed by atoms with E-state index in [0.29, 0.717) is 26.1 Å². The van der Waals surface area contributed by atoms with Crippen molar-refractivity contribution in [3.05, 3.63) is 54.1 Å². The Morgan fingerprint density at radius 1 is 1.16 bits per heavy atom. The third kappa shape index (κ3) is 5.05. The van der Waals surface area contributed by atoms with Crippen molar-refractivity contribution in [1.29, 1.82) is 0 Å². The zero-order chi connectivity index (χ0) is 22.0. The molecule has 1 aliphatic heterocycles. The van der Waals surface area contributed by atoms with Crippen molar-refractivity contribution in [3.8, 4) is 11.4 Å². The number of carbonyl (C=O) groups excluding carboxylic acids is 2. The van der Waals surface area contributed by atoms with Crippen LogP contribution in [0, 0.1) is 5.92 Å². The number of hydrogen-bond donors (Lipinski definition) is 2. The Labute approximate surface area is 181 Å². The smallest absolute Gasteiger partial charge is 0.410 e. The molecule has 1 aliphatic rings. The lowest BCUT2D eigenvalue weighted by Gasteiger charge is -2.24. The maximum Gasteiger partial charge on any atom is 0.410 e. The number of aromatic amines is 1. The molecule has 162 valence electrons. The monoisotopic (exact) mass is 420 g/mol.